The van der Waals surface area contributed by atoms with Gasteiger partial charge in [-0.05, 0) is 51.1 Å². The Kier molecular flexibility index (Phi) is 6.37. The number of halogens is 1. The third-order valence-corrected chi connectivity index (χ3v) is 6.19. The van der Waals surface area contributed by atoms with Gasteiger partial charge < -0.3 is 11.1 Å². The van der Waals surface area contributed by atoms with Crippen LogP contribution in [-0.4, -0.2) is 32.2 Å². The van der Waals surface area contributed by atoms with Crippen molar-refractivity contribution in [2.24, 2.45) is 5.73 Å². The Bertz CT molecular complexity index is 583. The number of carbonyl (C=O) groups is 1. The maximum absolute atomic E-state index is 12.6. The monoisotopic (exact) mass is 376 g/mol. The lowest BCUT2D eigenvalue weighted by atomic mass is 10.2. The minimum Gasteiger partial charge on any atom is -0.355 e. The van der Waals surface area contributed by atoms with E-state index in [4.69, 9.17) is 5.73 Å². The fourth-order valence-corrected chi connectivity index (χ4v) is 3.35. The molecule has 0 unspecified atom stereocenters. The molecule has 1 aromatic rings. The summed E-state index contributed by atoms with van der Waals surface area (Å²) in [5.74, 6) is -0.181. The van der Waals surface area contributed by atoms with Crippen molar-refractivity contribution >= 4 is 31.7 Å². The summed E-state index contributed by atoms with van der Waals surface area (Å²) >= 11 is 3.27. The number of hydrogen-bond acceptors (Lipinski definition) is 4. The van der Waals surface area contributed by atoms with Crippen LogP contribution in [0.25, 0.3) is 0 Å². The van der Waals surface area contributed by atoms with E-state index in [9.17, 15) is 13.2 Å². The fourth-order valence-electron chi connectivity index (χ4n) is 1.69. The van der Waals surface area contributed by atoms with Gasteiger partial charge in [-0.2, -0.15) is 0 Å². The molecule has 0 fully saturated rings. The van der Waals surface area contributed by atoms with Crippen molar-refractivity contribution in [1.82, 2.24) is 5.32 Å². The Hall–Kier alpha value is -0.920. The summed E-state index contributed by atoms with van der Waals surface area (Å²) < 4.78 is 24.9. The largest absolute Gasteiger partial charge is 0.355 e. The van der Waals surface area contributed by atoms with E-state index in [-0.39, 0.29) is 17.3 Å². The predicted molar refractivity (Wildman–Crippen MR) is 86.7 cm³/mol. The van der Waals surface area contributed by atoms with Gasteiger partial charge in [-0.1, -0.05) is 15.9 Å². The molecule has 0 aliphatic carbocycles. The normalized spacial score (nSPS) is 12.2. The van der Waals surface area contributed by atoms with Gasteiger partial charge in [0.05, 0.1) is 9.64 Å². The molecule has 3 N–H and O–H groups in total. The summed E-state index contributed by atoms with van der Waals surface area (Å²) in [6, 6.07) is 6.47. The molecule has 0 bridgehead atoms. The lowest BCUT2D eigenvalue weighted by Gasteiger charge is -2.25. The van der Waals surface area contributed by atoms with Crippen LogP contribution in [-0.2, 0) is 14.6 Å². The molecular formula is C14H21BrN2O3S. The van der Waals surface area contributed by atoms with Crippen LogP contribution in [0.15, 0.2) is 33.6 Å². The zero-order valence-electron chi connectivity index (χ0n) is 12.2. The van der Waals surface area contributed by atoms with Crippen LogP contribution in [0, 0.1) is 0 Å². The maximum Gasteiger partial charge on any atom is 0.220 e. The van der Waals surface area contributed by atoms with Gasteiger partial charge in [0.2, 0.25) is 5.91 Å². The summed E-state index contributed by atoms with van der Waals surface area (Å²) in [6.07, 6.45) is 0.899. The summed E-state index contributed by atoms with van der Waals surface area (Å²) in [5.41, 5.74) is 5.34. The Balaban J connectivity index is 2.80. The maximum atomic E-state index is 12.6. The van der Waals surface area contributed by atoms with Gasteiger partial charge in [0.15, 0.2) is 9.84 Å². The standard InChI is InChI=1S/C14H21BrN2O3S/c1-14(2,10-17-13(18)4-3-9-16)21(19,20)12-7-5-11(15)6-8-12/h5-8H,3-4,9-10,16H2,1-2H3,(H,17,18). The third-order valence-electron chi connectivity index (χ3n) is 3.17. The molecule has 0 atom stereocenters. The number of carbonyl (C=O) groups excluding carboxylic acids is 1. The minimum absolute atomic E-state index is 0.0643. The van der Waals surface area contributed by atoms with E-state index in [1.54, 1.807) is 38.1 Å². The average Bonchev–Trinajstić information content (AvgIpc) is 2.43. The predicted octanol–water partition coefficient (Wildman–Crippen LogP) is 1.86. The van der Waals surface area contributed by atoms with Crippen molar-refractivity contribution in [2.75, 3.05) is 13.1 Å². The SMILES string of the molecule is CC(C)(CNC(=O)CCCN)S(=O)(=O)c1ccc(Br)cc1. The Morgan fingerprint density at radius 3 is 2.38 bits per heavy atom. The lowest BCUT2D eigenvalue weighted by Crippen LogP contribution is -2.44. The molecule has 1 aromatic carbocycles. The average molecular weight is 377 g/mol. The van der Waals surface area contributed by atoms with Gasteiger partial charge in [-0.25, -0.2) is 8.42 Å². The zero-order chi connectivity index (χ0) is 16.1. The molecule has 0 spiro atoms. The molecule has 0 saturated carbocycles. The van der Waals surface area contributed by atoms with Gasteiger partial charge in [0.1, 0.15) is 0 Å². The van der Waals surface area contributed by atoms with E-state index in [2.05, 4.69) is 21.2 Å². The summed E-state index contributed by atoms with van der Waals surface area (Å²) in [7, 11) is -3.53. The van der Waals surface area contributed by atoms with Crippen molar-refractivity contribution < 1.29 is 13.2 Å². The fraction of sp³-hybridized carbons (Fsp3) is 0.500. The molecule has 1 amide bonds. The number of rotatable bonds is 7. The van der Waals surface area contributed by atoms with Gasteiger partial charge in [0, 0.05) is 17.4 Å². The Labute approximate surface area is 134 Å². The molecule has 1 rings (SSSR count). The topological polar surface area (TPSA) is 89.3 Å². The molecule has 0 radical (unpaired) electrons. The summed E-state index contributed by atoms with van der Waals surface area (Å²) in [6.45, 7) is 3.71. The van der Waals surface area contributed by atoms with Gasteiger partial charge in [0.25, 0.3) is 0 Å². The lowest BCUT2D eigenvalue weighted by molar-refractivity contribution is -0.121. The van der Waals surface area contributed by atoms with Crippen LogP contribution in [0.1, 0.15) is 26.7 Å². The number of benzene rings is 1. The van der Waals surface area contributed by atoms with E-state index >= 15 is 0 Å². The molecule has 0 aromatic heterocycles. The first-order chi connectivity index (χ1) is 9.70. The van der Waals surface area contributed by atoms with Crippen molar-refractivity contribution in [3.63, 3.8) is 0 Å². The van der Waals surface area contributed by atoms with Gasteiger partial charge >= 0.3 is 0 Å². The highest BCUT2D eigenvalue weighted by atomic mass is 79.9. The first kappa shape index (κ1) is 18.1. The quantitative estimate of drug-likeness (QED) is 0.759. The van der Waals surface area contributed by atoms with Crippen LogP contribution in [0.5, 0.6) is 0 Å². The Morgan fingerprint density at radius 2 is 1.86 bits per heavy atom. The van der Waals surface area contributed by atoms with Crippen molar-refractivity contribution in [3.8, 4) is 0 Å². The van der Waals surface area contributed by atoms with E-state index in [1.165, 1.54) is 0 Å². The second kappa shape index (κ2) is 7.38. The van der Waals surface area contributed by atoms with E-state index in [0.717, 1.165) is 4.47 Å². The van der Waals surface area contributed by atoms with Crippen molar-refractivity contribution in [3.05, 3.63) is 28.7 Å². The molecule has 0 aliphatic heterocycles. The Morgan fingerprint density at radius 1 is 1.29 bits per heavy atom. The number of nitrogens with two attached hydrogens (primary N) is 1. The molecule has 21 heavy (non-hydrogen) atoms. The highest BCUT2D eigenvalue weighted by Gasteiger charge is 2.35. The number of nitrogens with one attached hydrogen (secondary N) is 1. The molecule has 118 valence electrons. The molecule has 0 saturated heterocycles. The zero-order valence-corrected chi connectivity index (χ0v) is 14.6. The van der Waals surface area contributed by atoms with Gasteiger partial charge in [-0.3, -0.25) is 4.79 Å². The van der Waals surface area contributed by atoms with Gasteiger partial charge in [-0.15, -0.1) is 0 Å². The second-order valence-electron chi connectivity index (χ2n) is 5.39. The van der Waals surface area contributed by atoms with Crippen molar-refractivity contribution in [2.45, 2.75) is 36.3 Å². The highest BCUT2D eigenvalue weighted by Crippen LogP contribution is 2.26. The van der Waals surface area contributed by atoms with E-state index in [0.29, 0.717) is 19.4 Å². The highest BCUT2D eigenvalue weighted by molar-refractivity contribution is 9.10. The van der Waals surface area contributed by atoms with Crippen LogP contribution in [0.3, 0.4) is 0 Å². The first-order valence-corrected chi connectivity index (χ1v) is 8.95. The molecular weight excluding hydrogens is 356 g/mol. The molecule has 0 heterocycles. The first-order valence-electron chi connectivity index (χ1n) is 6.67. The van der Waals surface area contributed by atoms with Crippen LogP contribution >= 0.6 is 15.9 Å². The third kappa shape index (κ3) is 4.79. The number of amides is 1. The summed E-state index contributed by atoms with van der Waals surface area (Å²) in [4.78, 5) is 11.8. The van der Waals surface area contributed by atoms with Crippen LogP contribution in [0.2, 0.25) is 0 Å². The molecule has 5 nitrogen and oxygen atoms in total. The van der Waals surface area contributed by atoms with Crippen LogP contribution < -0.4 is 11.1 Å². The van der Waals surface area contributed by atoms with Crippen LogP contribution in [0.4, 0.5) is 0 Å². The van der Waals surface area contributed by atoms with Crippen molar-refractivity contribution in [1.29, 1.82) is 0 Å². The number of sulfone groups is 1. The number of hydrogen-bond donors (Lipinski definition) is 2. The minimum atomic E-state index is -3.53. The van der Waals surface area contributed by atoms with E-state index in [1.807, 2.05) is 0 Å². The second-order valence-corrected chi connectivity index (χ2v) is 8.89. The molecule has 0 aliphatic rings. The smallest absolute Gasteiger partial charge is 0.220 e. The summed E-state index contributed by atoms with van der Waals surface area (Å²) in [5, 5.41) is 2.66. The van der Waals surface area contributed by atoms with E-state index < -0.39 is 14.6 Å². The molecule has 7 heteroatoms.